The molecule has 7 rings (SSSR count). The maximum Gasteiger partial charge on any atom is 0.224 e. The molecule has 250 valence electrons. The van der Waals surface area contributed by atoms with E-state index in [0.29, 0.717) is 41.4 Å². The van der Waals surface area contributed by atoms with Crippen LogP contribution in [0.3, 0.4) is 0 Å². The molecule has 2 aromatic heterocycles. The molecular weight excluding hydrogens is 607 g/mol. The van der Waals surface area contributed by atoms with Gasteiger partial charge in [-0.2, -0.15) is 10.2 Å². The smallest absolute Gasteiger partial charge is 0.224 e. The summed E-state index contributed by atoms with van der Waals surface area (Å²) in [6.07, 6.45) is 17.6. The average Bonchev–Trinajstić information content (AvgIpc) is 3.02. The van der Waals surface area contributed by atoms with E-state index in [-0.39, 0.29) is 5.04 Å². The molecule has 4 bridgehead atoms. The molecule has 2 heterocycles. The van der Waals surface area contributed by atoms with Crippen LogP contribution in [0.5, 0.6) is 0 Å². The Bertz CT molecular complexity index is 1380. The second kappa shape index (κ2) is 13.7. The number of anilines is 2. The number of aromatic nitrogens is 3. The molecule has 5 fully saturated rings. The quantitative estimate of drug-likeness (QED) is 0.155. The molecule has 5 saturated carbocycles. The Morgan fingerprint density at radius 2 is 1.80 bits per heavy atom. The van der Waals surface area contributed by atoms with Crippen molar-refractivity contribution in [2.45, 2.75) is 120 Å². The van der Waals surface area contributed by atoms with Gasteiger partial charge in [-0.05, 0) is 124 Å². The van der Waals surface area contributed by atoms with Crippen molar-refractivity contribution in [1.29, 1.82) is 5.26 Å². The van der Waals surface area contributed by atoms with Crippen molar-refractivity contribution in [3.8, 4) is 6.07 Å². The average molecular weight is 662 g/mol. The van der Waals surface area contributed by atoms with Crippen LogP contribution >= 0.6 is 11.8 Å². The lowest BCUT2D eigenvalue weighted by Crippen LogP contribution is -2.60. The number of hydrogen-bond acceptors (Lipinski definition) is 9. The van der Waals surface area contributed by atoms with Crippen LogP contribution in [-0.2, 0) is 11.0 Å². The van der Waals surface area contributed by atoms with E-state index in [4.69, 9.17) is 9.41 Å². The first-order chi connectivity index (χ1) is 22.0. The zero-order valence-corrected chi connectivity index (χ0v) is 30.7. The largest absolute Gasteiger partial charge is 0.414 e. The minimum atomic E-state index is -1.69. The monoisotopic (exact) mass is 661 g/mol. The van der Waals surface area contributed by atoms with Gasteiger partial charge in [0.1, 0.15) is 22.5 Å². The molecule has 3 N–H and O–H groups in total. The van der Waals surface area contributed by atoms with Crippen LogP contribution in [0.25, 0.3) is 0 Å². The number of rotatable bonds is 12. The molecule has 1 unspecified atom stereocenters. The van der Waals surface area contributed by atoms with Gasteiger partial charge in [-0.25, -0.2) is 9.97 Å². The van der Waals surface area contributed by atoms with Gasteiger partial charge in [0.25, 0.3) is 0 Å². The highest BCUT2D eigenvalue weighted by molar-refractivity contribution is 7.98. The molecule has 5 aliphatic rings. The molecule has 2 aromatic rings. The molecule has 5 atom stereocenters. The Labute approximate surface area is 282 Å². The van der Waals surface area contributed by atoms with Crippen molar-refractivity contribution in [2.24, 2.45) is 29.1 Å². The van der Waals surface area contributed by atoms with E-state index < -0.39 is 8.32 Å². The zero-order valence-electron chi connectivity index (χ0n) is 28.9. The predicted octanol–water partition coefficient (Wildman–Crippen LogP) is 7.85. The fraction of sp³-hybridized carbons (Fsp3) is 0.722. The second-order valence-electron chi connectivity index (χ2n) is 16.4. The van der Waals surface area contributed by atoms with E-state index in [1.807, 2.05) is 18.5 Å². The zero-order chi connectivity index (χ0) is 32.5. The lowest BCUT2D eigenvalue weighted by molar-refractivity contribution is -0.0704. The molecular formula is C36H55N7OSSi. The Balaban J connectivity index is 1.01. The summed E-state index contributed by atoms with van der Waals surface area (Å²) in [7, 11) is -1.69. The van der Waals surface area contributed by atoms with Crippen molar-refractivity contribution < 1.29 is 4.43 Å². The highest BCUT2D eigenvalue weighted by Crippen LogP contribution is 2.60. The summed E-state index contributed by atoms with van der Waals surface area (Å²) < 4.78 is 6.77. The van der Waals surface area contributed by atoms with Crippen LogP contribution in [0.1, 0.15) is 89.7 Å². The SMILES string of the molecule is CSc1ncccc1CNc1ncc(C#N)c(NC[C@]23CC4C[C@H](C2)[C@@H](NC[C@H]2CC[C@@H](O[Si](C)(C)C(C)(C)C)CC2)[C@@H](C4)C3)n1. The second-order valence-corrected chi connectivity index (χ2v) is 21.9. The summed E-state index contributed by atoms with van der Waals surface area (Å²) in [5.74, 6) is 4.32. The number of hydrogen-bond donors (Lipinski definition) is 3. The van der Waals surface area contributed by atoms with Gasteiger partial charge in [0, 0.05) is 37.0 Å². The van der Waals surface area contributed by atoms with Gasteiger partial charge in [0.2, 0.25) is 5.95 Å². The topological polar surface area (TPSA) is 108 Å². The highest BCUT2D eigenvalue weighted by atomic mass is 32.2. The third-order valence-electron chi connectivity index (χ3n) is 12.1. The van der Waals surface area contributed by atoms with Crippen molar-refractivity contribution >= 4 is 31.8 Å². The molecule has 5 aliphatic carbocycles. The van der Waals surface area contributed by atoms with Gasteiger partial charge in [-0.15, -0.1) is 11.8 Å². The molecule has 0 aromatic carbocycles. The van der Waals surface area contributed by atoms with Gasteiger partial charge in [0.05, 0.1) is 6.20 Å². The van der Waals surface area contributed by atoms with Crippen molar-refractivity contribution in [1.82, 2.24) is 20.3 Å². The van der Waals surface area contributed by atoms with Crippen LogP contribution in [0.2, 0.25) is 18.1 Å². The standard InChI is InChI=1S/C36H55N7OSSi/c1-35(2,3)46(5,6)44-30-11-9-24(10-12-30)20-39-31-27-14-25-15-28(31)18-36(16-25,17-27)23-42-32-29(19-37)22-41-34(43-32)40-21-26-8-7-13-38-33(26)45-4/h7-8,13,22,24-25,27-28,30-31,39H,9-12,14-18,20-21,23H2,1-6H3,(H2,40,41,42,43)/t24-,25?,27-,28+,30+,31-,36-. The molecule has 0 saturated heterocycles. The molecule has 0 aliphatic heterocycles. The Hall–Kier alpha value is -2.19. The summed E-state index contributed by atoms with van der Waals surface area (Å²) in [6, 6.07) is 6.99. The van der Waals surface area contributed by atoms with E-state index >= 15 is 0 Å². The van der Waals surface area contributed by atoms with Crippen molar-refractivity contribution in [3.63, 3.8) is 0 Å². The first kappa shape index (κ1) is 33.7. The van der Waals surface area contributed by atoms with Gasteiger partial charge in [-0.3, -0.25) is 0 Å². The van der Waals surface area contributed by atoms with Gasteiger partial charge in [0.15, 0.2) is 8.32 Å². The molecule has 46 heavy (non-hydrogen) atoms. The van der Waals surface area contributed by atoms with Crippen LogP contribution < -0.4 is 16.0 Å². The third-order valence-corrected chi connectivity index (χ3v) is 17.4. The molecule has 10 heteroatoms. The number of nitrogens with zero attached hydrogens (tertiary/aromatic N) is 4. The minimum Gasteiger partial charge on any atom is -0.414 e. The Morgan fingerprint density at radius 3 is 2.48 bits per heavy atom. The fourth-order valence-corrected chi connectivity index (χ4v) is 11.0. The lowest BCUT2D eigenvalue weighted by atomic mass is 9.48. The van der Waals surface area contributed by atoms with Crippen LogP contribution in [0.15, 0.2) is 29.6 Å². The van der Waals surface area contributed by atoms with E-state index in [1.54, 1.807) is 18.0 Å². The summed E-state index contributed by atoms with van der Waals surface area (Å²) in [6.45, 7) is 14.5. The number of thioether (sulfide) groups is 1. The van der Waals surface area contributed by atoms with Crippen molar-refractivity contribution in [3.05, 3.63) is 35.7 Å². The minimum absolute atomic E-state index is 0.281. The molecule has 8 nitrogen and oxygen atoms in total. The maximum atomic E-state index is 9.83. The molecule has 0 spiro atoms. The number of pyridine rings is 1. The van der Waals surface area contributed by atoms with Crippen LogP contribution in [0.4, 0.5) is 11.8 Å². The summed E-state index contributed by atoms with van der Waals surface area (Å²) in [4.78, 5) is 13.6. The highest BCUT2D eigenvalue weighted by Gasteiger charge is 2.55. The Kier molecular flexibility index (Phi) is 10.1. The van der Waals surface area contributed by atoms with Gasteiger partial charge >= 0.3 is 0 Å². The summed E-state index contributed by atoms with van der Waals surface area (Å²) in [5.41, 5.74) is 1.91. The first-order valence-electron chi connectivity index (χ1n) is 17.6. The van der Waals surface area contributed by atoms with Gasteiger partial charge < -0.3 is 20.4 Å². The van der Waals surface area contributed by atoms with E-state index in [0.717, 1.165) is 40.8 Å². The van der Waals surface area contributed by atoms with Gasteiger partial charge in [-0.1, -0.05) is 26.8 Å². The Morgan fingerprint density at radius 1 is 1.07 bits per heavy atom. The number of nitriles is 1. The predicted molar refractivity (Wildman–Crippen MR) is 190 cm³/mol. The van der Waals surface area contributed by atoms with E-state index in [1.165, 1.54) is 64.3 Å². The maximum absolute atomic E-state index is 9.83. The molecule has 0 amide bonds. The van der Waals surface area contributed by atoms with Crippen LogP contribution in [-0.4, -0.2) is 54.8 Å². The number of nitrogens with one attached hydrogen (secondary N) is 3. The first-order valence-corrected chi connectivity index (χ1v) is 21.7. The lowest BCUT2D eigenvalue weighted by Gasteiger charge is -2.60. The molecule has 0 radical (unpaired) electrons. The fourth-order valence-electron chi connectivity index (χ4n) is 8.96. The van der Waals surface area contributed by atoms with E-state index in [2.05, 4.69) is 71.9 Å². The third kappa shape index (κ3) is 7.43. The normalized spacial score (nSPS) is 30.6. The summed E-state index contributed by atoms with van der Waals surface area (Å²) in [5, 5.41) is 22.2. The summed E-state index contributed by atoms with van der Waals surface area (Å²) >= 11 is 1.63. The van der Waals surface area contributed by atoms with E-state index in [9.17, 15) is 5.26 Å². The van der Waals surface area contributed by atoms with Crippen molar-refractivity contribution in [2.75, 3.05) is 30.0 Å². The van der Waals surface area contributed by atoms with Crippen LogP contribution in [0, 0.1) is 40.4 Å².